The number of hydrogen-bond acceptors (Lipinski definition) is 5. The molecule has 0 radical (unpaired) electrons. The van der Waals surface area contributed by atoms with Crippen LogP contribution in [0.3, 0.4) is 0 Å². The van der Waals surface area contributed by atoms with Gasteiger partial charge in [-0.25, -0.2) is 4.79 Å². The SMILES string of the molecule is CC.CCC(C)(C)C#Cc1cc(N(C=O)C2CCCCC2)c(C(=O)O)s1.CCCCC[C@H](C)CC.CCO[C@H]1OCC[C@H]1C. The summed E-state index contributed by atoms with van der Waals surface area (Å²) < 4.78 is 10.6. The van der Waals surface area contributed by atoms with Crippen LogP contribution in [-0.2, 0) is 14.3 Å². The summed E-state index contributed by atoms with van der Waals surface area (Å²) in [6.07, 6.45) is 15.1. The first-order valence-corrected chi connectivity index (χ1v) is 18.2. The van der Waals surface area contributed by atoms with Crippen LogP contribution in [0.2, 0.25) is 0 Å². The number of nitrogens with zero attached hydrogens (tertiary/aromatic N) is 1. The van der Waals surface area contributed by atoms with E-state index in [2.05, 4.69) is 60.3 Å². The summed E-state index contributed by atoms with van der Waals surface area (Å²) in [6, 6.07) is 1.85. The van der Waals surface area contributed by atoms with Crippen molar-refractivity contribution < 1.29 is 24.2 Å². The summed E-state index contributed by atoms with van der Waals surface area (Å²) in [6.45, 7) is 22.9. The molecular weight excluding hydrogens is 570 g/mol. The molecule has 0 spiro atoms. The molecule has 2 aliphatic rings. The number of hydrogen-bond donors (Lipinski definition) is 1. The Morgan fingerprint density at radius 1 is 1.16 bits per heavy atom. The maximum absolute atomic E-state index is 11.7. The molecule has 1 saturated carbocycles. The van der Waals surface area contributed by atoms with Crippen LogP contribution in [0, 0.1) is 29.1 Å². The third kappa shape index (κ3) is 16.4. The number of carbonyl (C=O) groups is 2. The molecule has 1 aliphatic heterocycles. The molecule has 1 N–H and O–H groups in total. The summed E-state index contributed by atoms with van der Waals surface area (Å²) in [4.78, 5) is 25.8. The molecule has 44 heavy (non-hydrogen) atoms. The quantitative estimate of drug-likeness (QED) is 0.140. The molecule has 2 fully saturated rings. The fraction of sp³-hybridized carbons (Fsp3) is 0.784. The van der Waals surface area contributed by atoms with Crippen LogP contribution >= 0.6 is 11.3 Å². The number of ether oxygens (including phenoxy) is 2. The number of unbranched alkanes of at least 4 members (excludes halogenated alkanes) is 2. The Morgan fingerprint density at radius 2 is 1.82 bits per heavy atom. The van der Waals surface area contributed by atoms with Gasteiger partial charge >= 0.3 is 5.97 Å². The van der Waals surface area contributed by atoms with Crippen molar-refractivity contribution in [3.8, 4) is 11.8 Å². The molecule has 7 heteroatoms. The second-order valence-electron chi connectivity index (χ2n) is 12.4. The maximum Gasteiger partial charge on any atom is 0.348 e. The number of carboxylic acids is 1. The van der Waals surface area contributed by atoms with E-state index in [1.165, 1.54) is 38.5 Å². The zero-order chi connectivity index (χ0) is 33.5. The largest absolute Gasteiger partial charge is 0.477 e. The summed E-state index contributed by atoms with van der Waals surface area (Å²) in [5.41, 5.74) is 0.384. The van der Waals surface area contributed by atoms with E-state index >= 15 is 0 Å². The van der Waals surface area contributed by atoms with Crippen LogP contribution in [0.5, 0.6) is 0 Å². The zero-order valence-electron chi connectivity index (χ0n) is 29.8. The van der Waals surface area contributed by atoms with Crippen molar-refractivity contribution in [1.82, 2.24) is 0 Å². The molecule has 0 unspecified atom stereocenters. The minimum absolute atomic E-state index is 0.0787. The second-order valence-corrected chi connectivity index (χ2v) is 13.4. The molecule has 1 aromatic heterocycles. The van der Waals surface area contributed by atoms with Gasteiger partial charge in [0.05, 0.1) is 17.2 Å². The zero-order valence-corrected chi connectivity index (χ0v) is 30.6. The molecular formula is C37H65NO5S. The highest BCUT2D eigenvalue weighted by atomic mass is 32.1. The second kappa shape index (κ2) is 24.4. The van der Waals surface area contributed by atoms with Gasteiger partial charge in [-0.15, -0.1) is 11.3 Å². The summed E-state index contributed by atoms with van der Waals surface area (Å²) in [7, 11) is 0. The lowest BCUT2D eigenvalue weighted by Gasteiger charge is -2.31. The first-order valence-electron chi connectivity index (χ1n) is 17.4. The Kier molecular flexibility index (Phi) is 23.3. The van der Waals surface area contributed by atoms with Crippen LogP contribution in [0.1, 0.15) is 161 Å². The Morgan fingerprint density at radius 3 is 2.30 bits per heavy atom. The highest BCUT2D eigenvalue weighted by molar-refractivity contribution is 7.15. The predicted octanol–water partition coefficient (Wildman–Crippen LogP) is 10.6. The van der Waals surface area contributed by atoms with Gasteiger partial charge in [-0.2, -0.15) is 0 Å². The molecule has 3 rings (SSSR count). The molecule has 1 amide bonds. The molecule has 254 valence electrons. The standard InChI is InChI=1S/C19H25NO3S.C9H20.C7H14O2.C2H6/c1-4-19(2,3)11-10-15-12-16(17(24-15)18(22)23)20(13-21)14-8-6-5-7-9-14;1-4-6-7-8-9(3)5-2;1-3-8-7-6(2)4-5-9-7;1-2/h12-14H,4-9H2,1-3H3,(H,22,23);9H,4-8H2,1-3H3;6-7H,3-5H2,1-2H3;1-2H3/t;9-;6-,7+;/m.11./s1. The Labute approximate surface area is 274 Å². The van der Waals surface area contributed by atoms with E-state index in [0.29, 0.717) is 16.5 Å². The van der Waals surface area contributed by atoms with Crippen LogP contribution in [-0.4, -0.2) is 43.0 Å². The third-order valence-electron chi connectivity index (χ3n) is 8.32. The summed E-state index contributed by atoms with van der Waals surface area (Å²) in [5.74, 6) is 6.84. The van der Waals surface area contributed by atoms with Crippen molar-refractivity contribution in [2.24, 2.45) is 17.3 Å². The van der Waals surface area contributed by atoms with E-state index < -0.39 is 5.97 Å². The summed E-state index contributed by atoms with van der Waals surface area (Å²) in [5, 5.41) is 9.52. The molecule has 6 nitrogen and oxygen atoms in total. The Balaban J connectivity index is 0.000000757. The highest BCUT2D eigenvalue weighted by Crippen LogP contribution is 2.34. The lowest BCUT2D eigenvalue weighted by molar-refractivity contribution is -0.124. The van der Waals surface area contributed by atoms with Crippen LogP contribution < -0.4 is 4.90 Å². The molecule has 0 bridgehead atoms. The number of amides is 1. The van der Waals surface area contributed by atoms with Crippen molar-refractivity contribution in [3.05, 3.63) is 15.8 Å². The molecule has 2 heterocycles. The van der Waals surface area contributed by atoms with Crippen LogP contribution in [0.4, 0.5) is 5.69 Å². The van der Waals surface area contributed by atoms with E-state index in [9.17, 15) is 14.7 Å². The Bertz CT molecular complexity index is 957. The lowest BCUT2D eigenvalue weighted by atomic mass is 9.91. The minimum Gasteiger partial charge on any atom is -0.477 e. The number of carboxylic acid groups (broad SMARTS) is 1. The van der Waals surface area contributed by atoms with Crippen molar-refractivity contribution >= 4 is 29.4 Å². The van der Waals surface area contributed by atoms with E-state index in [0.717, 1.165) is 75.4 Å². The Hall–Kier alpha value is -1.88. The average molecular weight is 636 g/mol. The van der Waals surface area contributed by atoms with Gasteiger partial charge in [0.25, 0.3) is 0 Å². The van der Waals surface area contributed by atoms with Crippen molar-refractivity contribution in [3.63, 3.8) is 0 Å². The molecule has 1 aliphatic carbocycles. The van der Waals surface area contributed by atoms with Crippen LogP contribution in [0.25, 0.3) is 0 Å². The smallest absolute Gasteiger partial charge is 0.348 e. The summed E-state index contributed by atoms with van der Waals surface area (Å²) >= 11 is 1.15. The van der Waals surface area contributed by atoms with Gasteiger partial charge in [0.1, 0.15) is 4.88 Å². The van der Waals surface area contributed by atoms with E-state index in [4.69, 9.17) is 9.47 Å². The maximum atomic E-state index is 11.7. The molecule has 3 atom stereocenters. The topological polar surface area (TPSA) is 76.1 Å². The first kappa shape index (κ1) is 42.1. The van der Waals surface area contributed by atoms with Crippen molar-refractivity contribution in [1.29, 1.82) is 0 Å². The number of carbonyl (C=O) groups excluding carboxylic acids is 1. The van der Waals surface area contributed by atoms with Gasteiger partial charge in [0, 0.05) is 24.0 Å². The normalized spacial score (nSPS) is 18.6. The number of anilines is 1. The fourth-order valence-corrected chi connectivity index (χ4v) is 5.65. The van der Waals surface area contributed by atoms with E-state index in [1.54, 1.807) is 11.0 Å². The minimum atomic E-state index is -1.000. The average Bonchev–Trinajstić information content (AvgIpc) is 3.65. The monoisotopic (exact) mass is 635 g/mol. The molecule has 1 saturated heterocycles. The van der Waals surface area contributed by atoms with E-state index in [1.807, 2.05) is 20.8 Å². The third-order valence-corrected chi connectivity index (χ3v) is 9.35. The van der Waals surface area contributed by atoms with Crippen molar-refractivity contribution in [2.45, 2.75) is 159 Å². The van der Waals surface area contributed by atoms with Gasteiger partial charge in [-0.3, -0.25) is 4.79 Å². The van der Waals surface area contributed by atoms with Crippen LogP contribution in [0.15, 0.2) is 6.07 Å². The van der Waals surface area contributed by atoms with Crippen molar-refractivity contribution in [2.75, 3.05) is 18.1 Å². The fourth-order valence-electron chi connectivity index (χ4n) is 4.80. The van der Waals surface area contributed by atoms with Gasteiger partial charge in [-0.1, -0.05) is 112 Å². The highest BCUT2D eigenvalue weighted by Gasteiger charge is 2.27. The van der Waals surface area contributed by atoms with Gasteiger partial charge in [0.15, 0.2) is 6.29 Å². The molecule has 0 aromatic carbocycles. The van der Waals surface area contributed by atoms with E-state index in [-0.39, 0.29) is 22.6 Å². The number of thiophene rings is 1. The van der Waals surface area contributed by atoms with Gasteiger partial charge in [0.2, 0.25) is 6.41 Å². The van der Waals surface area contributed by atoms with Gasteiger partial charge < -0.3 is 19.5 Å². The lowest BCUT2D eigenvalue weighted by Crippen LogP contribution is -2.36. The first-order chi connectivity index (χ1) is 21.0. The molecule has 1 aromatic rings. The number of aromatic carboxylic acids is 1. The number of rotatable bonds is 12. The predicted molar refractivity (Wildman–Crippen MR) is 188 cm³/mol. The van der Waals surface area contributed by atoms with Gasteiger partial charge in [-0.05, 0) is 58.4 Å².